The summed E-state index contributed by atoms with van der Waals surface area (Å²) < 4.78 is 5.87. The van der Waals surface area contributed by atoms with Crippen LogP contribution in [0, 0.1) is 36.3 Å². The van der Waals surface area contributed by atoms with Crippen molar-refractivity contribution in [3.8, 4) is 5.75 Å². The number of nitrogens with zero attached hydrogens (tertiary/aromatic N) is 1. The summed E-state index contributed by atoms with van der Waals surface area (Å²) in [5, 5.41) is 13.7. The van der Waals surface area contributed by atoms with E-state index in [1.165, 1.54) is 12.1 Å². The Hall–Kier alpha value is -2.89. The SMILES string of the molecule is Cc1ccc(C)c(OCCCC(C)(C)C(=O)Nc2ccc([N+](=O)[O-])cc2C)c1. The topological polar surface area (TPSA) is 81.5 Å². The first kappa shape index (κ1) is 21.4. The van der Waals surface area contributed by atoms with Gasteiger partial charge in [0.2, 0.25) is 5.91 Å². The lowest BCUT2D eigenvalue weighted by molar-refractivity contribution is -0.384. The lowest BCUT2D eigenvalue weighted by Crippen LogP contribution is -2.31. The summed E-state index contributed by atoms with van der Waals surface area (Å²) in [4.78, 5) is 23.1. The van der Waals surface area contributed by atoms with Crippen LogP contribution in [0.15, 0.2) is 36.4 Å². The van der Waals surface area contributed by atoms with Crippen LogP contribution in [-0.4, -0.2) is 17.4 Å². The van der Waals surface area contributed by atoms with Gasteiger partial charge in [0.05, 0.1) is 11.5 Å². The Morgan fingerprint density at radius 1 is 1.11 bits per heavy atom. The Balaban J connectivity index is 1.90. The van der Waals surface area contributed by atoms with Crippen LogP contribution in [0.3, 0.4) is 0 Å². The number of rotatable bonds is 8. The molecule has 2 aromatic carbocycles. The normalized spacial score (nSPS) is 11.2. The van der Waals surface area contributed by atoms with Gasteiger partial charge in [0.25, 0.3) is 5.69 Å². The van der Waals surface area contributed by atoms with Crippen molar-refractivity contribution in [2.75, 3.05) is 11.9 Å². The maximum Gasteiger partial charge on any atom is 0.269 e. The predicted molar refractivity (Wildman–Crippen MR) is 111 cm³/mol. The monoisotopic (exact) mass is 384 g/mol. The molecule has 0 aromatic heterocycles. The molecule has 6 heteroatoms. The van der Waals surface area contributed by atoms with E-state index in [-0.39, 0.29) is 11.6 Å². The Kier molecular flexibility index (Phi) is 6.78. The molecule has 0 fully saturated rings. The fourth-order valence-electron chi connectivity index (χ4n) is 2.87. The minimum atomic E-state index is -0.584. The van der Waals surface area contributed by atoms with E-state index in [1.807, 2.05) is 39.8 Å². The smallest absolute Gasteiger partial charge is 0.269 e. The molecule has 0 aliphatic carbocycles. The summed E-state index contributed by atoms with van der Waals surface area (Å²) in [6.07, 6.45) is 1.41. The minimum absolute atomic E-state index is 0.0124. The van der Waals surface area contributed by atoms with Gasteiger partial charge in [0.1, 0.15) is 5.75 Å². The molecule has 0 radical (unpaired) electrons. The van der Waals surface area contributed by atoms with Crippen molar-refractivity contribution in [1.82, 2.24) is 0 Å². The molecule has 2 rings (SSSR count). The molecule has 0 heterocycles. The van der Waals surface area contributed by atoms with Gasteiger partial charge in [-0.25, -0.2) is 0 Å². The summed E-state index contributed by atoms with van der Waals surface area (Å²) in [7, 11) is 0. The molecular weight excluding hydrogens is 356 g/mol. The molecule has 2 aromatic rings. The molecule has 0 aliphatic heterocycles. The molecule has 0 saturated carbocycles. The maximum atomic E-state index is 12.7. The van der Waals surface area contributed by atoms with Gasteiger partial charge >= 0.3 is 0 Å². The number of benzene rings is 2. The quantitative estimate of drug-likeness (QED) is 0.378. The number of ether oxygens (including phenoxy) is 1. The van der Waals surface area contributed by atoms with Crippen molar-refractivity contribution in [1.29, 1.82) is 0 Å². The van der Waals surface area contributed by atoms with Crippen molar-refractivity contribution < 1.29 is 14.5 Å². The lowest BCUT2D eigenvalue weighted by Gasteiger charge is -2.24. The average Bonchev–Trinajstić information content (AvgIpc) is 2.62. The molecule has 0 saturated heterocycles. The molecule has 150 valence electrons. The Labute approximate surface area is 166 Å². The number of non-ortho nitro benzene ring substituents is 1. The van der Waals surface area contributed by atoms with Gasteiger partial charge in [-0.2, -0.15) is 0 Å². The summed E-state index contributed by atoms with van der Waals surface area (Å²) in [6.45, 7) is 10.1. The maximum absolute atomic E-state index is 12.7. The van der Waals surface area contributed by atoms with Crippen LogP contribution in [0.2, 0.25) is 0 Å². The van der Waals surface area contributed by atoms with Gasteiger partial charge in [-0.1, -0.05) is 26.0 Å². The number of carbonyl (C=O) groups is 1. The third-order valence-electron chi connectivity index (χ3n) is 4.83. The van der Waals surface area contributed by atoms with Gasteiger partial charge in [0.15, 0.2) is 0 Å². The predicted octanol–water partition coefficient (Wildman–Crippen LogP) is 5.34. The number of aryl methyl sites for hydroxylation is 3. The van der Waals surface area contributed by atoms with E-state index in [1.54, 1.807) is 13.0 Å². The highest BCUT2D eigenvalue weighted by molar-refractivity contribution is 5.95. The van der Waals surface area contributed by atoms with Gasteiger partial charge < -0.3 is 10.1 Å². The zero-order valence-corrected chi connectivity index (χ0v) is 17.2. The van der Waals surface area contributed by atoms with Gasteiger partial charge in [0, 0.05) is 23.2 Å². The summed E-state index contributed by atoms with van der Waals surface area (Å²) in [5.41, 5.74) is 2.93. The molecule has 1 N–H and O–H groups in total. The van der Waals surface area contributed by atoms with Crippen molar-refractivity contribution in [3.63, 3.8) is 0 Å². The molecule has 0 atom stereocenters. The molecule has 0 aliphatic rings. The second kappa shape index (κ2) is 8.87. The van der Waals surface area contributed by atoms with E-state index in [9.17, 15) is 14.9 Å². The lowest BCUT2D eigenvalue weighted by atomic mass is 9.86. The third kappa shape index (κ3) is 5.55. The summed E-state index contributed by atoms with van der Waals surface area (Å²) >= 11 is 0. The second-order valence-electron chi connectivity index (χ2n) is 7.82. The van der Waals surface area contributed by atoms with Crippen LogP contribution in [0.5, 0.6) is 5.75 Å². The highest BCUT2D eigenvalue weighted by Gasteiger charge is 2.27. The van der Waals surface area contributed by atoms with Crippen molar-refractivity contribution in [3.05, 3.63) is 63.2 Å². The van der Waals surface area contributed by atoms with Crippen LogP contribution in [0.1, 0.15) is 43.4 Å². The number of nitro groups is 1. The van der Waals surface area contributed by atoms with Crippen molar-refractivity contribution in [2.45, 2.75) is 47.5 Å². The number of anilines is 1. The Bertz CT molecular complexity index is 875. The van der Waals surface area contributed by atoms with E-state index in [2.05, 4.69) is 11.4 Å². The Morgan fingerprint density at radius 2 is 1.82 bits per heavy atom. The zero-order valence-electron chi connectivity index (χ0n) is 17.2. The molecule has 1 amide bonds. The number of amides is 1. The van der Waals surface area contributed by atoms with Gasteiger partial charge in [-0.15, -0.1) is 0 Å². The van der Waals surface area contributed by atoms with Crippen LogP contribution in [0.4, 0.5) is 11.4 Å². The average molecular weight is 384 g/mol. The summed E-state index contributed by atoms with van der Waals surface area (Å²) in [6, 6.07) is 10.5. The number of carbonyl (C=O) groups excluding carboxylic acids is 1. The van der Waals surface area contributed by atoms with Crippen molar-refractivity contribution >= 4 is 17.3 Å². The van der Waals surface area contributed by atoms with Crippen molar-refractivity contribution in [2.24, 2.45) is 5.41 Å². The number of hydrogen-bond donors (Lipinski definition) is 1. The molecule has 0 unspecified atom stereocenters. The molecule has 28 heavy (non-hydrogen) atoms. The third-order valence-corrected chi connectivity index (χ3v) is 4.83. The fraction of sp³-hybridized carbons (Fsp3) is 0.409. The van der Waals surface area contributed by atoms with E-state index >= 15 is 0 Å². The highest BCUT2D eigenvalue weighted by Crippen LogP contribution is 2.28. The molecule has 0 spiro atoms. The van der Waals surface area contributed by atoms with Crippen LogP contribution in [0.25, 0.3) is 0 Å². The molecule has 6 nitrogen and oxygen atoms in total. The first-order valence-electron chi connectivity index (χ1n) is 9.37. The first-order valence-corrected chi connectivity index (χ1v) is 9.37. The Morgan fingerprint density at radius 3 is 2.46 bits per heavy atom. The van der Waals surface area contributed by atoms with Gasteiger partial charge in [-0.05, 0) is 62.4 Å². The van der Waals surface area contributed by atoms with E-state index in [4.69, 9.17) is 4.74 Å². The standard InChI is InChI=1S/C22H28N2O4/c1-15-7-8-16(2)20(13-15)28-12-6-11-22(4,5)21(25)23-19-10-9-18(24(26)27)14-17(19)3/h7-10,13-14H,6,11-12H2,1-5H3,(H,23,25). The molecular formula is C22H28N2O4. The second-order valence-corrected chi connectivity index (χ2v) is 7.82. The largest absolute Gasteiger partial charge is 0.493 e. The van der Waals surface area contributed by atoms with Crippen LogP contribution < -0.4 is 10.1 Å². The fourth-order valence-corrected chi connectivity index (χ4v) is 2.87. The number of hydrogen-bond acceptors (Lipinski definition) is 4. The minimum Gasteiger partial charge on any atom is -0.493 e. The van der Waals surface area contributed by atoms with E-state index < -0.39 is 10.3 Å². The van der Waals surface area contributed by atoms with E-state index in [0.717, 1.165) is 23.3 Å². The van der Waals surface area contributed by atoms with E-state index in [0.29, 0.717) is 24.3 Å². The zero-order chi connectivity index (χ0) is 20.9. The van der Waals surface area contributed by atoms with Crippen LogP contribution in [-0.2, 0) is 4.79 Å². The molecule has 0 bridgehead atoms. The van der Waals surface area contributed by atoms with Crippen LogP contribution >= 0.6 is 0 Å². The number of nitrogens with one attached hydrogen (secondary N) is 1. The van der Waals surface area contributed by atoms with Gasteiger partial charge in [-0.3, -0.25) is 14.9 Å². The highest BCUT2D eigenvalue weighted by atomic mass is 16.6. The first-order chi connectivity index (χ1) is 13.1. The summed E-state index contributed by atoms with van der Waals surface area (Å²) in [5.74, 6) is 0.764. The number of nitro benzene ring substituents is 1.